The molecule has 3 heteroatoms. The Bertz CT molecular complexity index is 403. The predicted molar refractivity (Wildman–Crippen MR) is 66.8 cm³/mol. The third kappa shape index (κ3) is 1.73. The highest BCUT2D eigenvalue weighted by Gasteiger charge is 2.43. The number of aryl methyl sites for hydroxylation is 1. The molecule has 0 spiro atoms. The van der Waals surface area contributed by atoms with E-state index in [2.05, 4.69) is 6.07 Å². The topological polar surface area (TPSA) is 37.3 Å². The summed E-state index contributed by atoms with van der Waals surface area (Å²) in [5.74, 6) is 0.146. The SMILES string of the molecule is CCSC1(C(=O)O)CCCc2ccccc21. The summed E-state index contributed by atoms with van der Waals surface area (Å²) in [6.07, 6.45) is 2.73. The van der Waals surface area contributed by atoms with Crippen molar-refractivity contribution < 1.29 is 9.90 Å². The number of carboxylic acid groups (broad SMARTS) is 1. The zero-order chi connectivity index (χ0) is 11.6. The van der Waals surface area contributed by atoms with Gasteiger partial charge in [0.2, 0.25) is 0 Å². The van der Waals surface area contributed by atoms with E-state index in [0.29, 0.717) is 0 Å². The molecule has 1 atom stereocenters. The van der Waals surface area contributed by atoms with Crippen LogP contribution in [0.1, 0.15) is 30.9 Å². The van der Waals surface area contributed by atoms with Crippen molar-refractivity contribution in [2.75, 3.05) is 5.75 Å². The summed E-state index contributed by atoms with van der Waals surface area (Å²) in [6, 6.07) is 7.97. The number of aliphatic carboxylic acids is 1. The van der Waals surface area contributed by atoms with Crippen LogP contribution in [0.3, 0.4) is 0 Å². The lowest BCUT2D eigenvalue weighted by molar-refractivity contribution is -0.140. The Morgan fingerprint density at radius 1 is 1.50 bits per heavy atom. The Labute approximate surface area is 100 Å². The molecule has 16 heavy (non-hydrogen) atoms. The van der Waals surface area contributed by atoms with E-state index in [4.69, 9.17) is 0 Å². The molecule has 1 N–H and O–H groups in total. The van der Waals surface area contributed by atoms with Crippen LogP contribution in [-0.4, -0.2) is 16.8 Å². The van der Waals surface area contributed by atoms with Crippen molar-refractivity contribution in [3.8, 4) is 0 Å². The fraction of sp³-hybridized carbons (Fsp3) is 0.462. The maximum absolute atomic E-state index is 11.6. The summed E-state index contributed by atoms with van der Waals surface area (Å²) in [4.78, 5) is 11.6. The quantitative estimate of drug-likeness (QED) is 0.876. The monoisotopic (exact) mass is 236 g/mol. The van der Waals surface area contributed by atoms with Crippen molar-refractivity contribution >= 4 is 17.7 Å². The molecule has 0 saturated heterocycles. The van der Waals surface area contributed by atoms with Gasteiger partial charge in [-0.05, 0) is 36.1 Å². The third-order valence-electron chi connectivity index (χ3n) is 3.16. The van der Waals surface area contributed by atoms with Gasteiger partial charge in [0.05, 0.1) is 0 Å². The van der Waals surface area contributed by atoms with Crippen LogP contribution in [0, 0.1) is 0 Å². The van der Waals surface area contributed by atoms with E-state index in [9.17, 15) is 9.90 Å². The van der Waals surface area contributed by atoms with Crippen molar-refractivity contribution in [2.24, 2.45) is 0 Å². The minimum absolute atomic E-state index is 0.688. The van der Waals surface area contributed by atoms with Crippen LogP contribution in [0.5, 0.6) is 0 Å². The third-order valence-corrected chi connectivity index (χ3v) is 4.54. The van der Waals surface area contributed by atoms with Crippen LogP contribution in [0.4, 0.5) is 0 Å². The van der Waals surface area contributed by atoms with Crippen LogP contribution in [0.25, 0.3) is 0 Å². The maximum Gasteiger partial charge on any atom is 0.324 e. The minimum atomic E-state index is -0.705. The molecule has 0 aliphatic heterocycles. The predicted octanol–water partition coefficient (Wildman–Crippen LogP) is 3.06. The summed E-state index contributed by atoms with van der Waals surface area (Å²) >= 11 is 1.55. The summed E-state index contributed by atoms with van der Waals surface area (Å²) in [5, 5.41) is 9.55. The summed E-state index contributed by atoms with van der Waals surface area (Å²) in [5.41, 5.74) is 2.22. The lowest BCUT2D eigenvalue weighted by atomic mass is 9.82. The van der Waals surface area contributed by atoms with Crippen LogP contribution < -0.4 is 0 Å². The highest BCUT2D eigenvalue weighted by molar-refractivity contribution is 8.00. The van der Waals surface area contributed by atoms with Crippen molar-refractivity contribution in [3.05, 3.63) is 35.4 Å². The number of hydrogen-bond acceptors (Lipinski definition) is 2. The standard InChI is InChI=1S/C13H16O2S/c1-2-16-13(12(14)15)9-5-7-10-6-3-4-8-11(10)13/h3-4,6,8H,2,5,7,9H2,1H3,(H,14,15). The van der Waals surface area contributed by atoms with Crippen molar-refractivity contribution in [1.29, 1.82) is 0 Å². The lowest BCUT2D eigenvalue weighted by Crippen LogP contribution is -2.36. The van der Waals surface area contributed by atoms with E-state index in [0.717, 1.165) is 30.6 Å². The molecule has 0 amide bonds. The van der Waals surface area contributed by atoms with Gasteiger partial charge in [0.1, 0.15) is 4.75 Å². The first kappa shape index (κ1) is 11.5. The van der Waals surface area contributed by atoms with Gasteiger partial charge in [0.25, 0.3) is 0 Å². The molecule has 1 aromatic carbocycles. The molecule has 0 fully saturated rings. The Morgan fingerprint density at radius 2 is 2.25 bits per heavy atom. The number of hydrogen-bond donors (Lipinski definition) is 1. The van der Waals surface area contributed by atoms with Crippen molar-refractivity contribution in [2.45, 2.75) is 30.9 Å². The maximum atomic E-state index is 11.6. The van der Waals surface area contributed by atoms with Gasteiger partial charge in [0, 0.05) is 0 Å². The molecule has 1 aliphatic rings. The Kier molecular flexibility index (Phi) is 3.24. The van der Waals surface area contributed by atoms with E-state index in [1.54, 1.807) is 11.8 Å². The van der Waals surface area contributed by atoms with E-state index < -0.39 is 10.7 Å². The molecule has 0 heterocycles. The van der Waals surface area contributed by atoms with Crippen LogP contribution in [0.15, 0.2) is 24.3 Å². The average molecular weight is 236 g/mol. The Hall–Kier alpha value is -0.960. The van der Waals surface area contributed by atoms with Gasteiger partial charge in [-0.15, -0.1) is 11.8 Å². The van der Waals surface area contributed by atoms with Gasteiger partial charge in [0.15, 0.2) is 0 Å². The summed E-state index contributed by atoms with van der Waals surface area (Å²) in [7, 11) is 0. The second kappa shape index (κ2) is 4.50. The van der Waals surface area contributed by atoms with Crippen molar-refractivity contribution in [1.82, 2.24) is 0 Å². The minimum Gasteiger partial charge on any atom is -0.480 e. The van der Waals surface area contributed by atoms with Crippen LogP contribution >= 0.6 is 11.8 Å². The van der Waals surface area contributed by atoms with E-state index in [-0.39, 0.29) is 0 Å². The second-order valence-electron chi connectivity index (χ2n) is 4.08. The smallest absolute Gasteiger partial charge is 0.324 e. The summed E-state index contributed by atoms with van der Waals surface area (Å²) < 4.78 is -0.705. The van der Waals surface area contributed by atoms with Gasteiger partial charge < -0.3 is 5.11 Å². The number of carboxylic acids is 1. The highest BCUT2D eigenvalue weighted by atomic mass is 32.2. The molecule has 0 saturated carbocycles. The largest absolute Gasteiger partial charge is 0.480 e. The van der Waals surface area contributed by atoms with Gasteiger partial charge in [-0.1, -0.05) is 31.2 Å². The number of fused-ring (bicyclic) bond motifs is 1. The van der Waals surface area contributed by atoms with E-state index >= 15 is 0 Å². The highest BCUT2D eigenvalue weighted by Crippen LogP contribution is 2.45. The first-order chi connectivity index (χ1) is 7.70. The van der Waals surface area contributed by atoms with Gasteiger partial charge >= 0.3 is 5.97 Å². The summed E-state index contributed by atoms with van der Waals surface area (Å²) in [6.45, 7) is 2.02. The molecular weight excluding hydrogens is 220 g/mol. The van der Waals surface area contributed by atoms with Gasteiger partial charge in [-0.3, -0.25) is 4.79 Å². The van der Waals surface area contributed by atoms with Gasteiger partial charge in [-0.2, -0.15) is 0 Å². The zero-order valence-corrected chi connectivity index (χ0v) is 10.2. The molecule has 0 bridgehead atoms. The fourth-order valence-corrected chi connectivity index (χ4v) is 3.73. The van der Waals surface area contributed by atoms with Crippen LogP contribution in [-0.2, 0) is 16.0 Å². The number of benzene rings is 1. The Morgan fingerprint density at radius 3 is 2.94 bits per heavy atom. The zero-order valence-electron chi connectivity index (χ0n) is 9.40. The van der Waals surface area contributed by atoms with Crippen molar-refractivity contribution in [3.63, 3.8) is 0 Å². The number of rotatable bonds is 3. The molecule has 0 aromatic heterocycles. The first-order valence-corrected chi connectivity index (χ1v) is 6.65. The normalized spacial score (nSPS) is 23.8. The lowest BCUT2D eigenvalue weighted by Gasteiger charge is -2.34. The molecule has 1 aliphatic carbocycles. The van der Waals surface area contributed by atoms with Crippen LogP contribution in [0.2, 0.25) is 0 Å². The number of thioether (sulfide) groups is 1. The second-order valence-corrected chi connectivity index (χ2v) is 5.64. The molecular formula is C13H16O2S. The van der Waals surface area contributed by atoms with E-state index in [1.165, 1.54) is 5.56 Å². The molecule has 86 valence electrons. The Balaban J connectivity index is 2.52. The number of carbonyl (C=O) groups is 1. The van der Waals surface area contributed by atoms with Gasteiger partial charge in [-0.25, -0.2) is 0 Å². The molecule has 1 aromatic rings. The molecule has 0 radical (unpaired) electrons. The molecule has 1 unspecified atom stereocenters. The average Bonchev–Trinajstić information content (AvgIpc) is 2.29. The fourth-order valence-electron chi connectivity index (χ4n) is 2.47. The first-order valence-electron chi connectivity index (χ1n) is 5.66. The molecule has 2 rings (SSSR count). The van der Waals surface area contributed by atoms with E-state index in [1.807, 2.05) is 25.1 Å². The molecule has 2 nitrogen and oxygen atoms in total.